The van der Waals surface area contributed by atoms with Crippen molar-refractivity contribution >= 4 is 0 Å². The fraction of sp³-hybridized carbons (Fsp3) is 0.700. The third-order valence-electron chi connectivity index (χ3n) is 3.13. The van der Waals surface area contributed by atoms with E-state index in [2.05, 4.69) is 12.0 Å². The van der Waals surface area contributed by atoms with Crippen LogP contribution in [-0.4, -0.2) is 15.8 Å². The molecule has 0 saturated heterocycles. The van der Waals surface area contributed by atoms with Crippen LogP contribution >= 0.6 is 0 Å². The Bertz CT molecular complexity index is 299. The first kappa shape index (κ1) is 8.75. The number of aryl methyl sites for hydroxylation is 1. The summed E-state index contributed by atoms with van der Waals surface area (Å²) in [5.41, 5.74) is 7.62. The summed E-state index contributed by atoms with van der Waals surface area (Å²) >= 11 is 0. The van der Waals surface area contributed by atoms with Crippen molar-refractivity contribution in [3.05, 3.63) is 18.0 Å². The molecule has 1 aliphatic rings. The maximum Gasteiger partial charge on any atom is 0.0640 e. The van der Waals surface area contributed by atoms with Crippen LogP contribution in [0, 0.1) is 5.41 Å². The van der Waals surface area contributed by atoms with Gasteiger partial charge in [0, 0.05) is 25.7 Å². The van der Waals surface area contributed by atoms with Gasteiger partial charge in [0.25, 0.3) is 0 Å². The lowest BCUT2D eigenvalue weighted by Gasteiger charge is -2.16. The Morgan fingerprint density at radius 2 is 2.38 bits per heavy atom. The van der Waals surface area contributed by atoms with Gasteiger partial charge in [-0.3, -0.25) is 4.68 Å². The van der Waals surface area contributed by atoms with Crippen LogP contribution in [-0.2, 0) is 13.5 Å². The minimum absolute atomic E-state index is 0.280. The summed E-state index contributed by atoms with van der Waals surface area (Å²) < 4.78 is 1.83. The molecule has 3 heteroatoms. The molecule has 72 valence electrons. The average Bonchev–Trinajstić information content (AvgIpc) is 2.69. The fourth-order valence-electron chi connectivity index (χ4n) is 1.61. The van der Waals surface area contributed by atoms with Gasteiger partial charge in [0.1, 0.15) is 0 Å². The summed E-state index contributed by atoms with van der Waals surface area (Å²) in [6.07, 6.45) is 5.44. The van der Waals surface area contributed by atoms with Crippen LogP contribution < -0.4 is 5.73 Å². The quantitative estimate of drug-likeness (QED) is 0.755. The second-order valence-electron chi connectivity index (χ2n) is 4.45. The van der Waals surface area contributed by atoms with Crippen molar-refractivity contribution < 1.29 is 0 Å². The van der Waals surface area contributed by atoms with Crippen LogP contribution in [0.15, 0.2) is 12.3 Å². The number of aromatic nitrogens is 2. The van der Waals surface area contributed by atoms with Gasteiger partial charge in [-0.05, 0) is 24.3 Å². The maximum atomic E-state index is 6.11. The van der Waals surface area contributed by atoms with Gasteiger partial charge in [-0.25, -0.2) is 0 Å². The molecule has 0 radical (unpaired) electrons. The van der Waals surface area contributed by atoms with Crippen LogP contribution in [0.25, 0.3) is 0 Å². The molecule has 2 rings (SSSR count). The van der Waals surface area contributed by atoms with E-state index in [1.807, 2.05) is 24.0 Å². The summed E-state index contributed by atoms with van der Waals surface area (Å²) in [4.78, 5) is 0. The first-order chi connectivity index (χ1) is 6.10. The smallest absolute Gasteiger partial charge is 0.0640 e. The van der Waals surface area contributed by atoms with E-state index in [4.69, 9.17) is 5.73 Å². The van der Waals surface area contributed by atoms with Crippen LogP contribution in [0.1, 0.15) is 25.5 Å². The van der Waals surface area contributed by atoms with Crippen molar-refractivity contribution in [2.75, 3.05) is 0 Å². The third-order valence-corrected chi connectivity index (χ3v) is 3.13. The lowest BCUT2D eigenvalue weighted by Crippen LogP contribution is -2.32. The molecule has 0 aliphatic heterocycles. The molecule has 0 amide bonds. The Kier molecular flexibility index (Phi) is 1.91. The van der Waals surface area contributed by atoms with E-state index >= 15 is 0 Å². The summed E-state index contributed by atoms with van der Waals surface area (Å²) in [7, 11) is 1.94. The minimum atomic E-state index is 0.280. The Labute approximate surface area is 78.9 Å². The number of nitrogens with two attached hydrogens (primary N) is 1. The Balaban J connectivity index is 1.98. The molecule has 1 fully saturated rings. The number of nitrogens with zero attached hydrogens (tertiary/aromatic N) is 2. The van der Waals surface area contributed by atoms with E-state index in [1.54, 1.807) is 0 Å². The van der Waals surface area contributed by atoms with Gasteiger partial charge in [0.15, 0.2) is 0 Å². The lowest BCUT2D eigenvalue weighted by molar-refractivity contribution is 0.428. The predicted octanol–water partition coefficient (Wildman–Crippen LogP) is 1.09. The maximum absolute atomic E-state index is 6.11. The van der Waals surface area contributed by atoms with Crippen molar-refractivity contribution in [1.29, 1.82) is 0 Å². The summed E-state index contributed by atoms with van der Waals surface area (Å²) in [5, 5.41) is 4.33. The molecule has 1 aromatic heterocycles. The zero-order valence-electron chi connectivity index (χ0n) is 8.33. The van der Waals surface area contributed by atoms with E-state index in [0.29, 0.717) is 5.41 Å². The van der Waals surface area contributed by atoms with Crippen LogP contribution in [0.2, 0.25) is 0 Å². The first-order valence-electron chi connectivity index (χ1n) is 4.84. The zero-order valence-corrected chi connectivity index (χ0v) is 8.33. The molecule has 13 heavy (non-hydrogen) atoms. The number of hydrogen-bond donors (Lipinski definition) is 1. The molecular weight excluding hydrogens is 162 g/mol. The normalized spacial score (nSPS) is 21.5. The monoisotopic (exact) mass is 179 g/mol. The molecule has 3 nitrogen and oxygen atoms in total. The molecule has 1 atom stereocenters. The molecule has 1 unspecified atom stereocenters. The number of hydrogen-bond acceptors (Lipinski definition) is 2. The largest absolute Gasteiger partial charge is 0.327 e. The van der Waals surface area contributed by atoms with Gasteiger partial charge >= 0.3 is 0 Å². The van der Waals surface area contributed by atoms with E-state index in [9.17, 15) is 0 Å². The summed E-state index contributed by atoms with van der Waals surface area (Å²) in [6, 6.07) is 2.33. The minimum Gasteiger partial charge on any atom is -0.327 e. The molecule has 2 N–H and O–H groups in total. The molecule has 0 aromatic carbocycles. The Morgan fingerprint density at radius 3 is 2.85 bits per heavy atom. The molecule has 1 aromatic rings. The molecule has 1 saturated carbocycles. The van der Waals surface area contributed by atoms with E-state index in [1.165, 1.54) is 12.8 Å². The van der Waals surface area contributed by atoms with E-state index in [-0.39, 0.29) is 6.04 Å². The average molecular weight is 179 g/mol. The van der Waals surface area contributed by atoms with Gasteiger partial charge in [0.05, 0.1) is 5.69 Å². The highest BCUT2D eigenvalue weighted by Gasteiger charge is 2.42. The van der Waals surface area contributed by atoms with Crippen molar-refractivity contribution in [1.82, 2.24) is 9.78 Å². The highest BCUT2D eigenvalue weighted by Crippen LogP contribution is 2.47. The van der Waals surface area contributed by atoms with E-state index in [0.717, 1.165) is 12.1 Å². The first-order valence-corrected chi connectivity index (χ1v) is 4.84. The molecule has 1 aliphatic carbocycles. The highest BCUT2D eigenvalue weighted by atomic mass is 15.2. The molecule has 0 bridgehead atoms. The van der Waals surface area contributed by atoms with Crippen LogP contribution in [0.5, 0.6) is 0 Å². The molecule has 0 spiro atoms. The molecular formula is C10H17N3. The van der Waals surface area contributed by atoms with Gasteiger partial charge < -0.3 is 5.73 Å². The topological polar surface area (TPSA) is 43.8 Å². The SMILES string of the molecule is Cn1ccc(CC(N)C2(C)CC2)n1. The molecule has 1 heterocycles. The van der Waals surface area contributed by atoms with E-state index < -0.39 is 0 Å². The third kappa shape index (κ3) is 1.75. The van der Waals surface area contributed by atoms with Crippen molar-refractivity contribution in [3.63, 3.8) is 0 Å². The lowest BCUT2D eigenvalue weighted by atomic mass is 9.96. The van der Waals surface area contributed by atoms with Gasteiger partial charge in [-0.2, -0.15) is 5.10 Å². The van der Waals surface area contributed by atoms with Gasteiger partial charge in [0.2, 0.25) is 0 Å². The predicted molar refractivity (Wildman–Crippen MR) is 52.2 cm³/mol. The van der Waals surface area contributed by atoms with Crippen LogP contribution in [0.4, 0.5) is 0 Å². The second-order valence-corrected chi connectivity index (χ2v) is 4.45. The van der Waals surface area contributed by atoms with Gasteiger partial charge in [-0.1, -0.05) is 6.92 Å². The standard InChI is InChI=1S/C10H17N3/c1-10(4-5-10)9(11)7-8-3-6-13(2)12-8/h3,6,9H,4-5,7,11H2,1-2H3. The second kappa shape index (κ2) is 2.84. The Morgan fingerprint density at radius 1 is 1.69 bits per heavy atom. The Hall–Kier alpha value is -0.830. The van der Waals surface area contributed by atoms with Crippen molar-refractivity contribution in [2.45, 2.75) is 32.2 Å². The number of rotatable bonds is 3. The fourth-order valence-corrected chi connectivity index (χ4v) is 1.61. The summed E-state index contributed by atoms with van der Waals surface area (Å²) in [6.45, 7) is 2.26. The summed E-state index contributed by atoms with van der Waals surface area (Å²) in [5.74, 6) is 0. The van der Waals surface area contributed by atoms with Gasteiger partial charge in [-0.15, -0.1) is 0 Å². The zero-order chi connectivity index (χ0) is 9.47. The van der Waals surface area contributed by atoms with Crippen LogP contribution in [0.3, 0.4) is 0 Å². The van der Waals surface area contributed by atoms with Crippen molar-refractivity contribution in [2.24, 2.45) is 18.2 Å². The highest BCUT2D eigenvalue weighted by molar-refractivity contribution is 5.06. The van der Waals surface area contributed by atoms with Crippen molar-refractivity contribution in [3.8, 4) is 0 Å².